The molecular formula is C16H18O9. The Balaban J connectivity index is 2.71. The maximum absolute atomic E-state index is 11.9. The first kappa shape index (κ1) is 20.0. The third kappa shape index (κ3) is 6.51. The number of aliphatic hydroxyl groups is 1. The lowest BCUT2D eigenvalue weighted by Crippen LogP contribution is -2.29. The molecule has 0 aliphatic carbocycles. The van der Waals surface area contributed by atoms with Crippen molar-refractivity contribution in [3.8, 4) is 11.5 Å². The Morgan fingerprint density at radius 3 is 2.44 bits per heavy atom. The number of esters is 1. The molecule has 0 aromatic heterocycles. The van der Waals surface area contributed by atoms with Gasteiger partial charge in [-0.05, 0) is 31.7 Å². The van der Waals surface area contributed by atoms with Crippen LogP contribution >= 0.6 is 0 Å². The molecule has 25 heavy (non-hydrogen) atoms. The zero-order chi connectivity index (χ0) is 19.2. The molecular weight excluding hydrogens is 336 g/mol. The fraction of sp³-hybridized carbons (Fsp3) is 0.312. The summed E-state index contributed by atoms with van der Waals surface area (Å²) in [5, 5.41) is 36.8. The number of carbonyl (C=O) groups excluding carboxylic acids is 1. The fourth-order valence-corrected chi connectivity index (χ4v) is 1.76. The van der Waals surface area contributed by atoms with Gasteiger partial charge in [-0.3, -0.25) is 4.79 Å². The van der Waals surface area contributed by atoms with Crippen LogP contribution in [0.2, 0.25) is 0 Å². The van der Waals surface area contributed by atoms with E-state index in [1.165, 1.54) is 13.0 Å². The van der Waals surface area contributed by atoms with Crippen molar-refractivity contribution < 1.29 is 44.3 Å². The predicted molar refractivity (Wildman–Crippen MR) is 83.3 cm³/mol. The molecule has 1 rings (SSSR count). The van der Waals surface area contributed by atoms with Gasteiger partial charge >= 0.3 is 17.9 Å². The lowest BCUT2D eigenvalue weighted by atomic mass is 9.99. The number of hydrogen-bond donors (Lipinski definition) is 4. The highest BCUT2D eigenvalue weighted by molar-refractivity contribution is 5.90. The van der Waals surface area contributed by atoms with Crippen molar-refractivity contribution in [3.63, 3.8) is 0 Å². The lowest BCUT2D eigenvalue weighted by Gasteiger charge is -2.20. The van der Waals surface area contributed by atoms with Crippen LogP contribution in [0.15, 0.2) is 30.5 Å². The van der Waals surface area contributed by atoms with Crippen LogP contribution in [0.5, 0.6) is 11.5 Å². The van der Waals surface area contributed by atoms with Crippen molar-refractivity contribution in [2.45, 2.75) is 25.4 Å². The summed E-state index contributed by atoms with van der Waals surface area (Å²) in [5.41, 5.74) is -1.57. The van der Waals surface area contributed by atoms with E-state index in [2.05, 4.69) is 6.58 Å². The second-order valence-corrected chi connectivity index (χ2v) is 5.47. The Labute approximate surface area is 142 Å². The van der Waals surface area contributed by atoms with E-state index in [0.717, 1.165) is 12.1 Å². The largest absolute Gasteiger partial charge is 0.504 e. The minimum Gasteiger partial charge on any atom is -0.504 e. The molecule has 0 fully saturated rings. The van der Waals surface area contributed by atoms with Gasteiger partial charge in [-0.15, -0.1) is 0 Å². The van der Waals surface area contributed by atoms with Crippen LogP contribution in [-0.2, 0) is 14.3 Å². The maximum atomic E-state index is 11.9. The van der Waals surface area contributed by atoms with Crippen molar-refractivity contribution in [2.75, 3.05) is 6.61 Å². The van der Waals surface area contributed by atoms with Gasteiger partial charge in [0.2, 0.25) is 5.76 Å². The SMILES string of the molecule is C=C(Oc1cc(C(=O)OCCC(C)(O)CC(=O)O)ccc1O)C(=O)O. The molecule has 1 unspecified atom stereocenters. The number of benzene rings is 1. The number of aliphatic carboxylic acids is 2. The van der Waals surface area contributed by atoms with Crippen LogP contribution in [0.3, 0.4) is 0 Å². The quantitative estimate of drug-likeness (QED) is 0.291. The molecule has 0 aliphatic heterocycles. The number of hydrogen-bond acceptors (Lipinski definition) is 7. The maximum Gasteiger partial charge on any atom is 0.371 e. The van der Waals surface area contributed by atoms with Crippen LogP contribution in [0, 0.1) is 0 Å². The Hall–Kier alpha value is -3.07. The van der Waals surface area contributed by atoms with Crippen molar-refractivity contribution in [1.82, 2.24) is 0 Å². The van der Waals surface area contributed by atoms with Crippen LogP contribution < -0.4 is 4.74 Å². The number of carboxylic acid groups (broad SMARTS) is 2. The molecule has 1 aromatic rings. The molecule has 0 amide bonds. The second-order valence-electron chi connectivity index (χ2n) is 5.47. The van der Waals surface area contributed by atoms with E-state index >= 15 is 0 Å². The third-order valence-corrected chi connectivity index (χ3v) is 3.07. The zero-order valence-corrected chi connectivity index (χ0v) is 13.4. The number of ether oxygens (including phenoxy) is 2. The Morgan fingerprint density at radius 2 is 1.88 bits per heavy atom. The molecule has 1 aromatic carbocycles. The molecule has 4 N–H and O–H groups in total. The van der Waals surface area contributed by atoms with Crippen LogP contribution in [0.25, 0.3) is 0 Å². The number of carbonyl (C=O) groups is 3. The summed E-state index contributed by atoms with van der Waals surface area (Å²) >= 11 is 0. The molecule has 9 nitrogen and oxygen atoms in total. The summed E-state index contributed by atoms with van der Waals surface area (Å²) in [4.78, 5) is 33.2. The van der Waals surface area contributed by atoms with E-state index < -0.39 is 41.4 Å². The number of phenols is 1. The summed E-state index contributed by atoms with van der Waals surface area (Å²) in [5.74, 6) is -4.78. The van der Waals surface area contributed by atoms with Gasteiger partial charge in [0.25, 0.3) is 0 Å². The monoisotopic (exact) mass is 354 g/mol. The first-order valence-electron chi connectivity index (χ1n) is 7.06. The molecule has 0 heterocycles. The smallest absolute Gasteiger partial charge is 0.371 e. The lowest BCUT2D eigenvalue weighted by molar-refractivity contribution is -0.142. The van der Waals surface area contributed by atoms with Gasteiger partial charge in [-0.25, -0.2) is 9.59 Å². The average molecular weight is 354 g/mol. The summed E-state index contributed by atoms with van der Waals surface area (Å²) in [7, 11) is 0. The zero-order valence-electron chi connectivity index (χ0n) is 13.4. The van der Waals surface area contributed by atoms with Crippen molar-refractivity contribution >= 4 is 17.9 Å². The first-order chi connectivity index (χ1) is 11.5. The van der Waals surface area contributed by atoms with E-state index in [4.69, 9.17) is 19.7 Å². The topological polar surface area (TPSA) is 151 Å². The highest BCUT2D eigenvalue weighted by Crippen LogP contribution is 2.28. The minimum absolute atomic E-state index is 0.0381. The van der Waals surface area contributed by atoms with E-state index in [1.54, 1.807) is 0 Å². The second kappa shape index (κ2) is 8.15. The van der Waals surface area contributed by atoms with Gasteiger partial charge in [-0.2, -0.15) is 0 Å². The van der Waals surface area contributed by atoms with Crippen molar-refractivity contribution in [1.29, 1.82) is 0 Å². The van der Waals surface area contributed by atoms with E-state index in [0.29, 0.717) is 0 Å². The highest BCUT2D eigenvalue weighted by atomic mass is 16.5. The molecule has 0 bridgehead atoms. The summed E-state index contributed by atoms with van der Waals surface area (Å²) in [6.07, 6.45) is -0.596. The van der Waals surface area contributed by atoms with Gasteiger partial charge in [0, 0.05) is 6.42 Å². The molecule has 0 radical (unpaired) electrons. The van der Waals surface area contributed by atoms with E-state index in [1.807, 2.05) is 0 Å². The summed E-state index contributed by atoms with van der Waals surface area (Å²) in [6, 6.07) is 3.41. The number of phenolic OH excluding ortho intramolecular Hbond substituents is 1. The predicted octanol–water partition coefficient (Wildman–Crippen LogP) is 1.14. The normalized spacial score (nSPS) is 12.7. The van der Waals surface area contributed by atoms with Gasteiger partial charge in [-0.1, -0.05) is 0 Å². The molecule has 0 saturated carbocycles. The molecule has 1 atom stereocenters. The molecule has 136 valence electrons. The van der Waals surface area contributed by atoms with Gasteiger partial charge in [0.15, 0.2) is 11.5 Å². The standard InChI is InChI=1S/C16H18O9/c1-9(14(20)21)25-12-7-10(3-4-11(12)17)15(22)24-6-5-16(2,23)8-13(18)19/h3-4,7,17,23H,1,5-6,8H2,2H3,(H,18,19)(H,20,21). The van der Waals surface area contributed by atoms with Crippen molar-refractivity contribution in [2.24, 2.45) is 0 Å². The first-order valence-corrected chi connectivity index (χ1v) is 7.06. The number of rotatable bonds is 9. The highest BCUT2D eigenvalue weighted by Gasteiger charge is 2.24. The van der Waals surface area contributed by atoms with Crippen molar-refractivity contribution in [3.05, 3.63) is 36.1 Å². The third-order valence-electron chi connectivity index (χ3n) is 3.07. The van der Waals surface area contributed by atoms with Gasteiger partial charge in [0.1, 0.15) is 0 Å². The Morgan fingerprint density at radius 1 is 1.24 bits per heavy atom. The van der Waals surface area contributed by atoms with Crippen LogP contribution in [0.4, 0.5) is 0 Å². The molecule has 0 saturated heterocycles. The molecule has 0 spiro atoms. The average Bonchev–Trinajstić information content (AvgIpc) is 2.47. The van der Waals surface area contributed by atoms with Gasteiger partial charge in [0.05, 0.1) is 24.2 Å². The molecule has 0 aliphatic rings. The van der Waals surface area contributed by atoms with Crippen LogP contribution in [0.1, 0.15) is 30.1 Å². The molecule has 9 heteroatoms. The Kier molecular flexibility index (Phi) is 6.52. The number of carboxylic acids is 2. The van der Waals surface area contributed by atoms with Gasteiger partial charge < -0.3 is 29.9 Å². The minimum atomic E-state index is -1.53. The van der Waals surface area contributed by atoms with E-state index in [-0.39, 0.29) is 24.3 Å². The van der Waals surface area contributed by atoms with E-state index in [9.17, 15) is 24.6 Å². The number of aromatic hydroxyl groups is 1. The summed E-state index contributed by atoms with van der Waals surface area (Å²) < 4.78 is 9.77. The van der Waals surface area contributed by atoms with Crippen LogP contribution in [-0.4, -0.2) is 50.5 Å². The summed E-state index contributed by atoms with van der Waals surface area (Å²) in [6.45, 7) is 4.21. The fourth-order valence-electron chi connectivity index (χ4n) is 1.76. The Bertz CT molecular complexity index is 691.